The minimum Gasteiger partial charge on any atom is -0.379 e. The third-order valence-corrected chi connectivity index (χ3v) is 6.06. The Morgan fingerprint density at radius 2 is 1.96 bits per heavy atom. The summed E-state index contributed by atoms with van der Waals surface area (Å²) in [6.07, 6.45) is -4.74. The number of sulfonamides is 1. The lowest BCUT2D eigenvalue weighted by Crippen LogP contribution is -2.40. The van der Waals surface area contributed by atoms with Crippen molar-refractivity contribution in [2.45, 2.75) is 18.0 Å². The van der Waals surface area contributed by atoms with Crippen LogP contribution in [0.25, 0.3) is 0 Å². The fourth-order valence-corrected chi connectivity index (χ4v) is 4.22. The molecule has 1 fully saturated rings. The summed E-state index contributed by atoms with van der Waals surface area (Å²) in [5, 5.41) is 7.06. The number of aromatic nitrogens is 3. The van der Waals surface area contributed by atoms with Crippen LogP contribution in [0.4, 0.5) is 19.1 Å². The minimum absolute atomic E-state index is 0.0595. The summed E-state index contributed by atoms with van der Waals surface area (Å²) in [6.45, 7) is 2.50. The molecule has 13 heteroatoms. The zero-order valence-electron chi connectivity index (χ0n) is 14.6. The van der Waals surface area contributed by atoms with Crippen LogP contribution in [0.1, 0.15) is 21.7 Å². The van der Waals surface area contributed by atoms with E-state index >= 15 is 0 Å². The Balaban J connectivity index is 1.84. The molecule has 2 heterocycles. The molecule has 3 rings (SSSR count). The fourth-order valence-electron chi connectivity index (χ4n) is 2.56. The van der Waals surface area contributed by atoms with Crippen molar-refractivity contribution in [3.8, 4) is 0 Å². The molecule has 0 unspecified atom stereocenters. The van der Waals surface area contributed by atoms with Crippen molar-refractivity contribution in [3.63, 3.8) is 0 Å². The van der Waals surface area contributed by atoms with E-state index in [0.29, 0.717) is 5.56 Å². The van der Waals surface area contributed by atoms with E-state index in [1.165, 1.54) is 22.5 Å². The van der Waals surface area contributed by atoms with E-state index in [-0.39, 0.29) is 36.8 Å². The lowest BCUT2D eigenvalue weighted by Gasteiger charge is -2.26. The van der Waals surface area contributed by atoms with E-state index in [0.717, 1.165) is 0 Å². The second-order valence-electron chi connectivity index (χ2n) is 5.96. The average molecular weight is 419 g/mol. The van der Waals surface area contributed by atoms with Crippen LogP contribution in [0.3, 0.4) is 0 Å². The average Bonchev–Trinajstić information content (AvgIpc) is 3.11. The fraction of sp³-hybridized carbons (Fsp3) is 0.400. The van der Waals surface area contributed by atoms with Gasteiger partial charge in [0, 0.05) is 18.7 Å². The van der Waals surface area contributed by atoms with Crippen LogP contribution in [-0.4, -0.2) is 60.1 Å². The molecule has 0 atom stereocenters. The first kappa shape index (κ1) is 20.2. The van der Waals surface area contributed by atoms with Crippen LogP contribution in [0.5, 0.6) is 0 Å². The summed E-state index contributed by atoms with van der Waals surface area (Å²) in [5.41, 5.74) is 0.371. The molecule has 1 aromatic heterocycles. The number of carbonyl (C=O) groups is 1. The Bertz CT molecular complexity index is 984. The van der Waals surface area contributed by atoms with Gasteiger partial charge in [0.2, 0.25) is 21.8 Å². The van der Waals surface area contributed by atoms with Crippen molar-refractivity contribution in [1.82, 2.24) is 19.5 Å². The quantitative estimate of drug-likeness (QED) is 0.774. The van der Waals surface area contributed by atoms with E-state index in [2.05, 4.69) is 15.4 Å². The van der Waals surface area contributed by atoms with E-state index in [1.54, 1.807) is 12.0 Å². The van der Waals surface area contributed by atoms with Crippen LogP contribution in [0.2, 0.25) is 0 Å². The monoisotopic (exact) mass is 419 g/mol. The molecule has 28 heavy (non-hydrogen) atoms. The molecule has 1 aromatic carbocycles. The van der Waals surface area contributed by atoms with Crippen molar-refractivity contribution in [1.29, 1.82) is 0 Å². The van der Waals surface area contributed by atoms with Crippen molar-refractivity contribution in [3.05, 3.63) is 35.2 Å². The van der Waals surface area contributed by atoms with Gasteiger partial charge in [-0.3, -0.25) is 15.2 Å². The van der Waals surface area contributed by atoms with E-state index in [4.69, 9.17) is 4.74 Å². The summed E-state index contributed by atoms with van der Waals surface area (Å²) in [7, 11) is -3.85. The number of morpholine rings is 1. The maximum atomic E-state index is 12.8. The standard InChI is InChI=1S/C15H16F3N5O4S/c1-9-2-3-10(8-11(9)28(25,26)23-4-6-27-7-5-23)12(24)19-14-20-13(21-22-14)15(16,17)18/h2-3,8H,4-7H2,1H3,(H2,19,20,21,22,24). The molecule has 1 saturated heterocycles. The number of halogens is 3. The number of nitrogens with zero attached hydrogens (tertiary/aromatic N) is 3. The maximum Gasteiger partial charge on any atom is 0.451 e. The van der Waals surface area contributed by atoms with Gasteiger partial charge in [-0.15, -0.1) is 5.10 Å². The van der Waals surface area contributed by atoms with Crippen molar-refractivity contribution in [2.24, 2.45) is 0 Å². The first-order valence-electron chi connectivity index (χ1n) is 8.08. The molecular formula is C15H16F3N5O4S. The molecule has 0 saturated carbocycles. The summed E-state index contributed by atoms with van der Waals surface area (Å²) >= 11 is 0. The molecule has 0 aliphatic carbocycles. The Kier molecular flexibility index (Phi) is 5.41. The molecule has 0 bridgehead atoms. The molecule has 0 spiro atoms. The number of H-pyrrole nitrogens is 1. The predicted octanol–water partition coefficient (Wildman–Crippen LogP) is 1.41. The van der Waals surface area contributed by atoms with Gasteiger partial charge in [-0.25, -0.2) is 8.42 Å². The number of nitrogens with one attached hydrogen (secondary N) is 2. The van der Waals surface area contributed by atoms with Crippen LogP contribution in [0, 0.1) is 6.92 Å². The van der Waals surface area contributed by atoms with E-state index < -0.39 is 33.9 Å². The highest BCUT2D eigenvalue weighted by molar-refractivity contribution is 7.89. The first-order chi connectivity index (χ1) is 13.1. The van der Waals surface area contributed by atoms with Gasteiger partial charge in [0.15, 0.2) is 0 Å². The van der Waals surface area contributed by atoms with Gasteiger partial charge in [0.1, 0.15) is 0 Å². The smallest absolute Gasteiger partial charge is 0.379 e. The molecule has 9 nitrogen and oxygen atoms in total. The van der Waals surface area contributed by atoms with Crippen molar-refractivity contribution >= 4 is 21.9 Å². The largest absolute Gasteiger partial charge is 0.451 e. The summed E-state index contributed by atoms with van der Waals surface area (Å²) in [4.78, 5) is 15.4. The van der Waals surface area contributed by atoms with Gasteiger partial charge in [-0.1, -0.05) is 6.07 Å². The number of hydrogen-bond acceptors (Lipinski definition) is 6. The zero-order valence-corrected chi connectivity index (χ0v) is 15.4. The zero-order chi connectivity index (χ0) is 20.5. The van der Waals surface area contributed by atoms with Gasteiger partial charge in [-0.05, 0) is 24.6 Å². The van der Waals surface area contributed by atoms with E-state index in [1.807, 2.05) is 0 Å². The predicted molar refractivity (Wildman–Crippen MR) is 90.1 cm³/mol. The normalized spacial score (nSPS) is 16.1. The van der Waals surface area contributed by atoms with Crippen LogP contribution in [0.15, 0.2) is 23.1 Å². The number of carbonyl (C=O) groups excluding carboxylic acids is 1. The third kappa shape index (κ3) is 4.15. The lowest BCUT2D eigenvalue weighted by molar-refractivity contribution is -0.144. The van der Waals surface area contributed by atoms with E-state index in [9.17, 15) is 26.4 Å². The first-order valence-corrected chi connectivity index (χ1v) is 9.52. The summed E-state index contributed by atoms with van der Waals surface area (Å²) in [5.74, 6) is -2.77. The number of aromatic amines is 1. The maximum absolute atomic E-state index is 12.8. The molecule has 0 radical (unpaired) electrons. The molecule has 152 valence electrons. The molecule has 1 amide bonds. The van der Waals surface area contributed by atoms with Crippen molar-refractivity contribution in [2.75, 3.05) is 31.6 Å². The van der Waals surface area contributed by atoms with Gasteiger partial charge in [-0.2, -0.15) is 22.5 Å². The second kappa shape index (κ2) is 7.48. The number of ether oxygens (including phenoxy) is 1. The number of aryl methyl sites for hydroxylation is 1. The number of alkyl halides is 3. The minimum atomic E-state index is -4.74. The highest BCUT2D eigenvalue weighted by atomic mass is 32.2. The third-order valence-electron chi connectivity index (χ3n) is 4.02. The van der Waals surface area contributed by atoms with Crippen LogP contribution >= 0.6 is 0 Å². The number of benzene rings is 1. The summed E-state index contributed by atoms with van der Waals surface area (Å²) in [6, 6.07) is 3.98. The van der Waals surface area contributed by atoms with Gasteiger partial charge in [0.25, 0.3) is 5.91 Å². The number of anilines is 1. The van der Waals surface area contributed by atoms with Gasteiger partial charge >= 0.3 is 6.18 Å². The molecule has 2 N–H and O–H groups in total. The Morgan fingerprint density at radius 1 is 1.29 bits per heavy atom. The molecule has 2 aromatic rings. The topological polar surface area (TPSA) is 117 Å². The number of hydrogen-bond donors (Lipinski definition) is 2. The Hall–Kier alpha value is -2.51. The SMILES string of the molecule is Cc1ccc(C(=O)Nc2n[nH]c(C(F)(F)F)n2)cc1S(=O)(=O)N1CCOCC1. The highest BCUT2D eigenvalue weighted by Crippen LogP contribution is 2.26. The molecular weight excluding hydrogens is 403 g/mol. The van der Waals surface area contributed by atoms with Crippen LogP contribution < -0.4 is 5.32 Å². The van der Waals surface area contributed by atoms with Crippen molar-refractivity contribution < 1.29 is 31.1 Å². The Labute approximate surface area is 157 Å². The summed E-state index contributed by atoms with van der Waals surface area (Å²) < 4.78 is 69.7. The molecule has 1 aliphatic heterocycles. The molecule has 1 aliphatic rings. The lowest BCUT2D eigenvalue weighted by atomic mass is 10.1. The number of rotatable bonds is 4. The van der Waals surface area contributed by atoms with Crippen LogP contribution in [-0.2, 0) is 20.9 Å². The number of amides is 1. The second-order valence-corrected chi connectivity index (χ2v) is 7.86. The van der Waals surface area contributed by atoms with Gasteiger partial charge in [0.05, 0.1) is 18.1 Å². The Morgan fingerprint density at radius 3 is 2.57 bits per heavy atom. The highest BCUT2D eigenvalue weighted by Gasteiger charge is 2.35. The van der Waals surface area contributed by atoms with Gasteiger partial charge < -0.3 is 4.74 Å².